The van der Waals surface area contributed by atoms with Gasteiger partial charge < -0.3 is 0 Å². The third-order valence-corrected chi connectivity index (χ3v) is 0. The van der Waals surface area contributed by atoms with E-state index in [4.69, 9.17) is 16.2 Å². The summed E-state index contributed by atoms with van der Waals surface area (Å²) in [6.07, 6.45) is 0. The van der Waals surface area contributed by atoms with Gasteiger partial charge >= 0.3 is 0 Å². The summed E-state index contributed by atoms with van der Waals surface area (Å²) in [5.41, 5.74) is 0. The van der Waals surface area contributed by atoms with Gasteiger partial charge in [-0.25, -0.2) is 0 Å². The maximum absolute atomic E-state index is 9.16. The van der Waals surface area contributed by atoms with Gasteiger partial charge in [-0.3, -0.25) is 4.57 Å². The molecule has 0 atom stereocenters. The molecule has 0 N–H and O–H groups in total. The Morgan fingerprint density at radius 1 is 1.57 bits per heavy atom. The van der Waals surface area contributed by atoms with Crippen molar-refractivity contribution in [2.45, 2.75) is 6.92 Å². The largest absolute Gasteiger partial charge is 0.293 e. The molecular formula is C2H6Cl3OP. The highest BCUT2D eigenvalue weighted by Gasteiger charge is 1.67. The Bertz CT molecular complexity index is 44.2. The Balaban J connectivity index is 0. The van der Waals surface area contributed by atoms with E-state index < -0.39 is 6.51 Å². The van der Waals surface area contributed by atoms with Gasteiger partial charge in [0.15, 0.2) is 0 Å². The molecule has 5 heteroatoms. The van der Waals surface area contributed by atoms with Crippen molar-refractivity contribution < 1.29 is 4.57 Å². The Morgan fingerprint density at radius 3 is 1.57 bits per heavy atom. The minimum Gasteiger partial charge on any atom is -0.293 e. The molecule has 0 spiro atoms. The number of hydrogen-bond donors (Lipinski definition) is 0. The number of halogens is 3. The minimum atomic E-state index is -2.19. The minimum absolute atomic E-state index is 0.722. The molecule has 0 heterocycles. The molecule has 0 amide bonds. The Kier molecular flexibility index (Phi) is 15.9. The van der Waals surface area contributed by atoms with Gasteiger partial charge in [-0.15, -0.1) is 11.6 Å². The smallest absolute Gasteiger partial charge is 0.241 e. The summed E-state index contributed by atoms with van der Waals surface area (Å²) in [6, 6.07) is 0. The zero-order valence-corrected chi connectivity index (χ0v) is 7.02. The fourth-order valence-corrected chi connectivity index (χ4v) is 0. The van der Waals surface area contributed by atoms with Gasteiger partial charge in [-0.2, -0.15) is 0 Å². The molecule has 0 bridgehead atoms. The molecule has 0 fully saturated rings. The molecule has 0 saturated heterocycles. The summed E-state index contributed by atoms with van der Waals surface area (Å²) in [5, 5.41) is 0. The van der Waals surface area contributed by atoms with Crippen LogP contribution in [0.4, 0.5) is 0 Å². The number of hydrogen-bond acceptors (Lipinski definition) is 1. The molecule has 7 heavy (non-hydrogen) atoms. The normalized spacial score (nSPS) is 7.57. The first kappa shape index (κ1) is 11.0. The Hall–Kier alpha value is 1.10. The molecule has 0 rings (SSSR count). The van der Waals surface area contributed by atoms with Gasteiger partial charge in [0.25, 0.3) is 0 Å². The van der Waals surface area contributed by atoms with Crippen molar-refractivity contribution in [1.29, 1.82) is 0 Å². The summed E-state index contributed by atoms with van der Waals surface area (Å²) in [6.45, 7) is -0.295. The van der Waals surface area contributed by atoms with Crippen molar-refractivity contribution in [2.75, 3.05) is 5.88 Å². The molecule has 0 radical (unpaired) electrons. The van der Waals surface area contributed by atoms with Crippen molar-refractivity contribution in [3.8, 4) is 0 Å². The second kappa shape index (κ2) is 10.2. The van der Waals surface area contributed by atoms with Crippen molar-refractivity contribution in [3.63, 3.8) is 0 Å². The van der Waals surface area contributed by atoms with Crippen molar-refractivity contribution in [3.05, 3.63) is 0 Å². The van der Waals surface area contributed by atoms with E-state index in [1.807, 2.05) is 6.92 Å². The maximum Gasteiger partial charge on any atom is 0.241 e. The fraction of sp³-hybridized carbons (Fsp3) is 1.00. The molecule has 0 aliphatic heterocycles. The monoisotopic (exact) mass is 182 g/mol. The van der Waals surface area contributed by atoms with E-state index in [-0.39, 0.29) is 0 Å². The van der Waals surface area contributed by atoms with Crippen LogP contribution in [0, 0.1) is 0 Å². The highest BCUT2D eigenvalue weighted by Crippen LogP contribution is 2.31. The highest BCUT2D eigenvalue weighted by molar-refractivity contribution is 7.95. The van der Waals surface area contributed by atoms with Gasteiger partial charge in [0.2, 0.25) is 6.51 Å². The lowest BCUT2D eigenvalue weighted by atomic mass is 11.0. The number of rotatable bonds is 0. The van der Waals surface area contributed by atoms with Gasteiger partial charge in [0, 0.05) is 5.88 Å². The van der Waals surface area contributed by atoms with Gasteiger partial charge in [0.1, 0.15) is 0 Å². The lowest BCUT2D eigenvalue weighted by molar-refractivity contribution is 0.602. The van der Waals surface area contributed by atoms with Gasteiger partial charge in [-0.05, 0) is 22.5 Å². The Morgan fingerprint density at radius 2 is 1.57 bits per heavy atom. The quantitative estimate of drug-likeness (QED) is 0.417. The van der Waals surface area contributed by atoms with E-state index in [0.29, 0.717) is 0 Å². The lowest BCUT2D eigenvalue weighted by Crippen LogP contribution is -1.36. The maximum atomic E-state index is 9.16. The highest BCUT2D eigenvalue weighted by atomic mass is 35.9. The molecule has 0 aromatic heterocycles. The topological polar surface area (TPSA) is 17.1 Å². The van der Waals surface area contributed by atoms with Crippen LogP contribution in [0.1, 0.15) is 6.92 Å². The van der Waals surface area contributed by atoms with Crippen molar-refractivity contribution >= 4 is 40.6 Å². The number of alkyl halides is 1. The fourth-order valence-electron chi connectivity index (χ4n) is 0. The van der Waals surface area contributed by atoms with Crippen LogP contribution in [0.3, 0.4) is 0 Å². The van der Waals surface area contributed by atoms with Crippen LogP contribution in [0.25, 0.3) is 0 Å². The predicted molar refractivity (Wildman–Crippen MR) is 37.1 cm³/mol. The molecule has 0 aromatic rings. The second-order valence-corrected chi connectivity index (χ2v) is 4.12. The standard InChI is InChI=1S/C2H5Cl.Cl2HOP/c1-2-3;1-4(2)3/h2H2,1H3;4H. The van der Waals surface area contributed by atoms with Crippen LogP contribution in [-0.4, -0.2) is 5.88 Å². The molecule has 0 aliphatic rings. The van der Waals surface area contributed by atoms with Crippen LogP contribution in [0.2, 0.25) is 0 Å². The van der Waals surface area contributed by atoms with Crippen molar-refractivity contribution in [2.24, 2.45) is 0 Å². The van der Waals surface area contributed by atoms with E-state index in [9.17, 15) is 0 Å². The summed E-state index contributed by atoms with van der Waals surface area (Å²) in [4.78, 5) is 0. The molecule has 0 aliphatic carbocycles. The van der Waals surface area contributed by atoms with Gasteiger partial charge in [-0.1, -0.05) is 6.92 Å². The lowest BCUT2D eigenvalue weighted by Gasteiger charge is -1.52. The average Bonchev–Trinajstić information content (AvgIpc) is 1.33. The summed E-state index contributed by atoms with van der Waals surface area (Å²) < 4.78 is 9.16. The van der Waals surface area contributed by atoms with Crippen molar-refractivity contribution in [1.82, 2.24) is 0 Å². The van der Waals surface area contributed by atoms with E-state index >= 15 is 0 Å². The summed E-state index contributed by atoms with van der Waals surface area (Å²) in [7, 11) is 0. The third-order valence-electron chi connectivity index (χ3n) is 0. The van der Waals surface area contributed by atoms with E-state index in [1.54, 1.807) is 0 Å². The summed E-state index contributed by atoms with van der Waals surface area (Å²) >= 11 is 14.2. The van der Waals surface area contributed by atoms with Crippen LogP contribution in [0.15, 0.2) is 0 Å². The third kappa shape index (κ3) is 153. The van der Waals surface area contributed by atoms with E-state index in [2.05, 4.69) is 22.5 Å². The predicted octanol–water partition coefficient (Wildman–Crippen LogP) is 3.10. The van der Waals surface area contributed by atoms with E-state index in [1.165, 1.54) is 0 Å². The average molecular weight is 183 g/mol. The molecule has 0 aromatic carbocycles. The molecule has 46 valence electrons. The first-order chi connectivity index (χ1) is 3.15. The molecule has 1 nitrogen and oxygen atoms in total. The molecular weight excluding hydrogens is 177 g/mol. The van der Waals surface area contributed by atoms with Crippen LogP contribution >= 0.6 is 40.6 Å². The van der Waals surface area contributed by atoms with E-state index in [0.717, 1.165) is 5.88 Å². The Labute approximate surface area is 58.3 Å². The molecule has 0 saturated carbocycles. The van der Waals surface area contributed by atoms with Crippen LogP contribution < -0.4 is 0 Å². The SMILES string of the molecule is CCCl.O=[PH](Cl)Cl. The zero-order chi connectivity index (χ0) is 6.28. The van der Waals surface area contributed by atoms with Crippen LogP contribution in [0.5, 0.6) is 0 Å². The first-order valence-electron chi connectivity index (χ1n) is 1.56. The first-order valence-corrected chi connectivity index (χ1v) is 5.52. The van der Waals surface area contributed by atoms with Crippen LogP contribution in [-0.2, 0) is 4.57 Å². The van der Waals surface area contributed by atoms with Gasteiger partial charge in [0.05, 0.1) is 0 Å². The summed E-state index contributed by atoms with van der Waals surface area (Å²) in [5.74, 6) is 0.722. The molecule has 0 unspecified atom stereocenters. The second-order valence-electron chi connectivity index (χ2n) is 0.493. The zero-order valence-electron chi connectivity index (χ0n) is 3.75.